The van der Waals surface area contributed by atoms with Crippen molar-refractivity contribution in [2.45, 2.75) is 0 Å². The van der Waals surface area contributed by atoms with Gasteiger partial charge in [0, 0.05) is 11.6 Å². The van der Waals surface area contributed by atoms with E-state index < -0.39 is 0 Å². The molecule has 0 spiro atoms. The Morgan fingerprint density at radius 2 is 1.75 bits per heavy atom. The number of anilines is 1. The fraction of sp³-hybridized carbons (Fsp3) is 0.133. The van der Waals surface area contributed by atoms with Crippen LogP contribution >= 0.6 is 0 Å². The molecule has 0 amide bonds. The summed E-state index contributed by atoms with van der Waals surface area (Å²) in [4.78, 5) is 10.7. The number of methoxy groups -OCH3 is 2. The first-order valence-corrected chi connectivity index (χ1v) is 5.92. The van der Waals surface area contributed by atoms with Crippen molar-refractivity contribution in [3.05, 3.63) is 42.0 Å². The van der Waals surface area contributed by atoms with E-state index in [2.05, 4.69) is 0 Å². The van der Waals surface area contributed by atoms with Gasteiger partial charge in [-0.1, -0.05) is 0 Å². The van der Waals surface area contributed by atoms with Crippen LogP contribution in [0.1, 0.15) is 10.4 Å². The number of nitrogen functional groups attached to an aromatic ring is 1. The summed E-state index contributed by atoms with van der Waals surface area (Å²) < 4.78 is 16.1. The molecule has 2 aromatic carbocycles. The van der Waals surface area contributed by atoms with Gasteiger partial charge in [-0.15, -0.1) is 0 Å². The summed E-state index contributed by atoms with van der Waals surface area (Å²) in [6.07, 6.45) is 0.742. The quantitative estimate of drug-likeness (QED) is 0.670. The number of hydrogen-bond acceptors (Lipinski definition) is 5. The first-order chi connectivity index (χ1) is 9.67. The van der Waals surface area contributed by atoms with Crippen molar-refractivity contribution in [1.29, 1.82) is 0 Å². The molecule has 5 nitrogen and oxygen atoms in total. The van der Waals surface area contributed by atoms with Crippen LogP contribution in [0.3, 0.4) is 0 Å². The number of carbonyl (C=O) groups is 1. The highest BCUT2D eigenvalue weighted by Crippen LogP contribution is 2.36. The van der Waals surface area contributed by atoms with Gasteiger partial charge < -0.3 is 19.9 Å². The Bertz CT molecular complexity index is 625. The average Bonchev–Trinajstić information content (AvgIpc) is 2.49. The van der Waals surface area contributed by atoms with Gasteiger partial charge in [0.1, 0.15) is 12.0 Å². The Morgan fingerprint density at radius 1 is 0.950 bits per heavy atom. The lowest BCUT2D eigenvalue weighted by atomic mass is 10.2. The number of ether oxygens (including phenoxy) is 3. The molecule has 0 aliphatic rings. The van der Waals surface area contributed by atoms with E-state index in [-0.39, 0.29) is 0 Å². The number of hydrogen-bond donors (Lipinski definition) is 1. The highest BCUT2D eigenvalue weighted by atomic mass is 16.5. The predicted octanol–water partition coefficient (Wildman–Crippen LogP) is 2.89. The van der Waals surface area contributed by atoms with Crippen LogP contribution in [0.2, 0.25) is 0 Å². The van der Waals surface area contributed by atoms with E-state index in [0.29, 0.717) is 34.2 Å². The third kappa shape index (κ3) is 2.83. The summed E-state index contributed by atoms with van der Waals surface area (Å²) in [7, 11) is 3.07. The summed E-state index contributed by atoms with van der Waals surface area (Å²) in [5.74, 6) is 2.02. The van der Waals surface area contributed by atoms with E-state index in [4.69, 9.17) is 19.9 Å². The van der Waals surface area contributed by atoms with Crippen molar-refractivity contribution in [1.82, 2.24) is 0 Å². The fourth-order valence-electron chi connectivity index (χ4n) is 1.69. The number of aldehydes is 1. The third-order valence-electron chi connectivity index (χ3n) is 2.76. The lowest BCUT2D eigenvalue weighted by Crippen LogP contribution is -1.96. The van der Waals surface area contributed by atoms with Crippen molar-refractivity contribution >= 4 is 12.0 Å². The lowest BCUT2D eigenvalue weighted by molar-refractivity contribution is 0.112. The zero-order valence-electron chi connectivity index (χ0n) is 11.3. The van der Waals surface area contributed by atoms with Gasteiger partial charge in [0.05, 0.1) is 19.9 Å². The maximum absolute atomic E-state index is 10.7. The molecule has 0 aliphatic carbocycles. The third-order valence-corrected chi connectivity index (χ3v) is 2.76. The van der Waals surface area contributed by atoms with Gasteiger partial charge >= 0.3 is 0 Å². The van der Waals surface area contributed by atoms with E-state index in [9.17, 15) is 4.79 Å². The fourth-order valence-corrected chi connectivity index (χ4v) is 1.69. The second kappa shape index (κ2) is 5.97. The maximum Gasteiger partial charge on any atom is 0.169 e. The van der Waals surface area contributed by atoms with Gasteiger partial charge in [0.15, 0.2) is 17.2 Å². The van der Waals surface area contributed by atoms with Crippen LogP contribution in [0.4, 0.5) is 5.69 Å². The van der Waals surface area contributed by atoms with Crippen molar-refractivity contribution in [3.8, 4) is 23.0 Å². The minimum atomic E-state index is 0.455. The second-order valence-corrected chi connectivity index (χ2v) is 4.03. The molecule has 0 aromatic heterocycles. The molecule has 0 saturated heterocycles. The molecule has 0 aliphatic heterocycles. The molecule has 0 atom stereocenters. The summed E-state index contributed by atoms with van der Waals surface area (Å²) in [6.45, 7) is 0. The molecule has 5 heteroatoms. The van der Waals surface area contributed by atoms with Crippen molar-refractivity contribution in [3.63, 3.8) is 0 Å². The van der Waals surface area contributed by atoms with Gasteiger partial charge in [-0.2, -0.15) is 0 Å². The minimum Gasteiger partial charge on any atom is -0.497 e. The number of nitrogens with two attached hydrogens (primary N) is 1. The molecule has 0 heterocycles. The summed E-state index contributed by atoms with van der Waals surface area (Å²) >= 11 is 0. The SMILES string of the molecule is COc1ccc(N)c(Oc2ccc(C=O)cc2OC)c1. The standard InChI is InChI=1S/C15H15NO4/c1-18-11-4-5-12(16)14(8-11)20-13-6-3-10(9-17)7-15(13)19-2/h3-9H,16H2,1-2H3. The topological polar surface area (TPSA) is 70.8 Å². The summed E-state index contributed by atoms with van der Waals surface area (Å²) in [5, 5.41) is 0. The second-order valence-electron chi connectivity index (χ2n) is 4.03. The highest BCUT2D eigenvalue weighted by molar-refractivity contribution is 5.76. The lowest BCUT2D eigenvalue weighted by Gasteiger charge is -2.13. The number of benzene rings is 2. The zero-order valence-corrected chi connectivity index (χ0v) is 11.3. The maximum atomic E-state index is 10.7. The Hall–Kier alpha value is -2.69. The van der Waals surface area contributed by atoms with E-state index in [1.807, 2.05) is 0 Å². The predicted molar refractivity (Wildman–Crippen MR) is 75.9 cm³/mol. The van der Waals surface area contributed by atoms with Crippen molar-refractivity contribution < 1.29 is 19.0 Å². The molecule has 2 N–H and O–H groups in total. The molecule has 20 heavy (non-hydrogen) atoms. The Labute approximate surface area is 116 Å². The molecular weight excluding hydrogens is 258 g/mol. The summed E-state index contributed by atoms with van der Waals surface area (Å²) in [6, 6.07) is 10.0. The normalized spacial score (nSPS) is 9.90. The van der Waals surface area contributed by atoms with Crippen molar-refractivity contribution in [2.24, 2.45) is 0 Å². The van der Waals surface area contributed by atoms with Gasteiger partial charge in [0.25, 0.3) is 0 Å². The number of carbonyl (C=O) groups excluding carboxylic acids is 1. The van der Waals surface area contributed by atoms with Gasteiger partial charge in [0.2, 0.25) is 0 Å². The van der Waals surface area contributed by atoms with E-state index in [1.54, 1.807) is 43.5 Å². The van der Waals surface area contributed by atoms with Gasteiger partial charge in [-0.25, -0.2) is 0 Å². The molecule has 2 rings (SSSR count). The van der Waals surface area contributed by atoms with E-state index in [0.717, 1.165) is 6.29 Å². The molecule has 2 aromatic rings. The smallest absolute Gasteiger partial charge is 0.169 e. The Kier molecular flexibility index (Phi) is 4.10. The van der Waals surface area contributed by atoms with Crippen LogP contribution in [0.25, 0.3) is 0 Å². The summed E-state index contributed by atoms with van der Waals surface area (Å²) in [5.41, 5.74) is 6.85. The first-order valence-electron chi connectivity index (χ1n) is 5.92. The van der Waals surface area contributed by atoms with Crippen LogP contribution in [-0.2, 0) is 0 Å². The van der Waals surface area contributed by atoms with E-state index >= 15 is 0 Å². The van der Waals surface area contributed by atoms with Crippen LogP contribution < -0.4 is 19.9 Å². The largest absolute Gasteiger partial charge is 0.497 e. The van der Waals surface area contributed by atoms with Crippen LogP contribution in [0, 0.1) is 0 Å². The minimum absolute atomic E-state index is 0.455. The molecule has 0 unspecified atom stereocenters. The molecular formula is C15H15NO4. The highest BCUT2D eigenvalue weighted by Gasteiger charge is 2.10. The molecule has 0 fully saturated rings. The monoisotopic (exact) mass is 273 g/mol. The van der Waals surface area contributed by atoms with Crippen LogP contribution in [-0.4, -0.2) is 20.5 Å². The Morgan fingerprint density at radius 3 is 2.40 bits per heavy atom. The van der Waals surface area contributed by atoms with Crippen LogP contribution in [0.5, 0.6) is 23.0 Å². The number of rotatable bonds is 5. The molecule has 0 bridgehead atoms. The Balaban J connectivity index is 2.36. The van der Waals surface area contributed by atoms with E-state index in [1.165, 1.54) is 7.11 Å². The average molecular weight is 273 g/mol. The van der Waals surface area contributed by atoms with Gasteiger partial charge in [-0.3, -0.25) is 4.79 Å². The first kappa shape index (κ1) is 13.7. The molecule has 104 valence electrons. The molecule has 0 saturated carbocycles. The van der Waals surface area contributed by atoms with Crippen LogP contribution in [0.15, 0.2) is 36.4 Å². The molecule has 0 radical (unpaired) electrons. The zero-order chi connectivity index (χ0) is 14.5. The van der Waals surface area contributed by atoms with Crippen molar-refractivity contribution in [2.75, 3.05) is 20.0 Å². The van der Waals surface area contributed by atoms with Gasteiger partial charge in [-0.05, 0) is 30.3 Å².